The Kier molecular flexibility index (Phi) is 17.3. The second kappa shape index (κ2) is 21.9. The predicted molar refractivity (Wildman–Crippen MR) is 294 cm³/mol. The third-order valence-electron chi connectivity index (χ3n) is 24.1. The number of ether oxygens (including phenoxy) is 2. The summed E-state index contributed by atoms with van der Waals surface area (Å²) >= 11 is 0. The van der Waals surface area contributed by atoms with Crippen molar-refractivity contribution < 1.29 is 18.4 Å². The average Bonchev–Trinajstić information content (AvgIpc) is 3.83. The zero-order valence-electron chi connectivity index (χ0n) is 48.5. The van der Waals surface area contributed by atoms with Crippen molar-refractivity contribution in [3.63, 3.8) is 0 Å². The molecule has 0 heterocycles. The smallest absolute Gasteiger partial charge is 0.102 e. The van der Waals surface area contributed by atoms with E-state index in [4.69, 9.17) is 9.47 Å². The van der Waals surface area contributed by atoms with Crippen LogP contribution in [0.2, 0.25) is 0 Å². The highest BCUT2D eigenvalue weighted by atomic mass is 16.5. The molecule has 4 heteroatoms. The number of rotatable bonds is 22. The first-order valence-corrected chi connectivity index (χ1v) is 30.8. The summed E-state index contributed by atoms with van der Waals surface area (Å²) in [4.78, 5) is 0. The van der Waals surface area contributed by atoms with Gasteiger partial charge in [-0.15, -0.1) is 0 Å². The molecule has 69 heavy (non-hydrogen) atoms. The van der Waals surface area contributed by atoms with Crippen molar-refractivity contribution in [3.05, 3.63) is 23.3 Å². The zero-order chi connectivity index (χ0) is 49.6. The van der Waals surface area contributed by atoms with Crippen LogP contribution in [0, 0.1) is 92.7 Å². The molecule has 396 valence electrons. The molecule has 4 nitrogen and oxygen atoms in total. The third-order valence-corrected chi connectivity index (χ3v) is 24.1. The van der Waals surface area contributed by atoms with Crippen LogP contribution in [0.25, 0.3) is 0 Å². The van der Waals surface area contributed by atoms with E-state index in [1.165, 1.54) is 161 Å². The normalized spacial score (nSPS) is 40.8. The summed E-state index contributed by atoms with van der Waals surface area (Å²) < 4.78 is 15.7. The van der Waals surface area contributed by atoms with Gasteiger partial charge in [0.15, 0.2) is 0 Å². The van der Waals surface area contributed by atoms with E-state index in [0.717, 1.165) is 106 Å². The van der Waals surface area contributed by atoms with Crippen molar-refractivity contribution in [2.24, 2.45) is 92.7 Å². The van der Waals surface area contributed by atoms with Gasteiger partial charge in [0.05, 0.1) is 66.7 Å². The molecule has 8 aliphatic carbocycles. The Morgan fingerprint density at radius 2 is 0.884 bits per heavy atom. The molecular formula is C65H116N2O2+2. The van der Waals surface area contributed by atoms with E-state index in [2.05, 4.69) is 110 Å². The first-order chi connectivity index (χ1) is 32.6. The average molecular weight is 958 g/mol. The standard InChI is InChI=1S/C65H116N2O2/c1-46(2)18-15-20-48(5)56-26-28-58-54-24-22-50-44-52(30-34-62(50,7)60(54)32-36-64(56,58)9)68-42-40-66(11,12)38-17-39-67(13,14)41-43-69-53-31-35-63(8)51(45-53)23-25-55-59-29-27-57(49(6)21-16-19-47(3)4)65(59,10)37-33-61(55)63/h22-23,46-49,52-61H,15-21,24-45H2,1-14H3/q+2/t48-,49-,52+,53+,54+,55+,56-,57-,58+,59+,60+,61+,62+,63+,64-,65-/m1/s1. The van der Waals surface area contributed by atoms with Gasteiger partial charge in [-0.05, 0) is 195 Å². The van der Waals surface area contributed by atoms with E-state index >= 15 is 0 Å². The van der Waals surface area contributed by atoms with Gasteiger partial charge >= 0.3 is 0 Å². The molecule has 0 bridgehead atoms. The van der Waals surface area contributed by atoms with Crippen LogP contribution in [0.5, 0.6) is 0 Å². The lowest BCUT2D eigenvalue weighted by molar-refractivity contribution is -0.909. The van der Waals surface area contributed by atoms with Crippen LogP contribution in [0.3, 0.4) is 0 Å². The molecule has 0 unspecified atom stereocenters. The van der Waals surface area contributed by atoms with Crippen molar-refractivity contribution in [3.8, 4) is 0 Å². The van der Waals surface area contributed by atoms with Gasteiger partial charge in [-0.25, -0.2) is 0 Å². The van der Waals surface area contributed by atoms with Crippen molar-refractivity contribution in [1.82, 2.24) is 0 Å². The number of hydrogen-bond acceptors (Lipinski definition) is 2. The van der Waals surface area contributed by atoms with Gasteiger partial charge < -0.3 is 18.4 Å². The van der Waals surface area contributed by atoms with Crippen molar-refractivity contribution >= 4 is 0 Å². The lowest BCUT2D eigenvalue weighted by atomic mass is 9.47. The van der Waals surface area contributed by atoms with Crippen LogP contribution in [0.4, 0.5) is 0 Å². The Bertz CT molecular complexity index is 1620. The molecule has 6 saturated carbocycles. The maximum absolute atomic E-state index is 6.81. The van der Waals surface area contributed by atoms with Gasteiger partial charge in [0.25, 0.3) is 0 Å². The van der Waals surface area contributed by atoms with Crippen LogP contribution in [-0.4, -0.2) is 88.8 Å². The van der Waals surface area contributed by atoms with Crippen molar-refractivity contribution in [2.45, 2.75) is 229 Å². The van der Waals surface area contributed by atoms with E-state index < -0.39 is 0 Å². The first kappa shape index (κ1) is 54.6. The van der Waals surface area contributed by atoms with E-state index in [1.807, 2.05) is 0 Å². The first-order valence-electron chi connectivity index (χ1n) is 30.8. The zero-order valence-corrected chi connectivity index (χ0v) is 48.5. The number of fused-ring (bicyclic) bond motifs is 10. The molecule has 8 aliphatic rings. The Morgan fingerprint density at radius 1 is 0.478 bits per heavy atom. The molecule has 0 aromatic rings. The van der Waals surface area contributed by atoms with Crippen molar-refractivity contribution in [2.75, 3.05) is 67.6 Å². The molecule has 0 N–H and O–H groups in total. The third kappa shape index (κ3) is 11.6. The fourth-order valence-electron chi connectivity index (χ4n) is 19.7. The summed E-state index contributed by atoms with van der Waals surface area (Å²) in [7, 11) is 9.77. The van der Waals surface area contributed by atoms with Crippen LogP contribution in [0.15, 0.2) is 23.3 Å². The Labute approximate surface area is 429 Å². The monoisotopic (exact) mass is 957 g/mol. The van der Waals surface area contributed by atoms with Crippen LogP contribution >= 0.6 is 0 Å². The van der Waals surface area contributed by atoms with E-state index in [0.29, 0.717) is 33.9 Å². The van der Waals surface area contributed by atoms with Crippen LogP contribution in [0.1, 0.15) is 217 Å². The van der Waals surface area contributed by atoms with Gasteiger partial charge in [0, 0.05) is 6.42 Å². The molecule has 0 amide bonds. The number of nitrogens with zero attached hydrogens (tertiary/aromatic N) is 2. The molecule has 8 rings (SSSR count). The molecule has 0 radical (unpaired) electrons. The minimum atomic E-state index is 0.411. The molecule has 16 atom stereocenters. The second-order valence-corrected chi connectivity index (χ2v) is 30.2. The summed E-state index contributed by atoms with van der Waals surface area (Å²) in [5.41, 5.74) is 5.54. The molecule has 6 fully saturated rings. The van der Waals surface area contributed by atoms with E-state index in [9.17, 15) is 0 Å². The minimum absolute atomic E-state index is 0.411. The highest BCUT2D eigenvalue weighted by Crippen LogP contribution is 2.69. The number of hydrogen-bond donors (Lipinski definition) is 0. The van der Waals surface area contributed by atoms with E-state index in [-0.39, 0.29) is 0 Å². The van der Waals surface area contributed by atoms with Crippen LogP contribution in [-0.2, 0) is 9.47 Å². The van der Waals surface area contributed by atoms with Crippen LogP contribution < -0.4 is 0 Å². The highest BCUT2D eigenvalue weighted by molar-refractivity contribution is 5.27. The fraction of sp³-hybridized carbons (Fsp3) is 0.938. The van der Waals surface area contributed by atoms with Gasteiger partial charge in [-0.1, -0.05) is 131 Å². The molecule has 0 spiro atoms. The highest BCUT2D eigenvalue weighted by Gasteiger charge is 2.61. The molecule has 0 aliphatic heterocycles. The molecule has 0 saturated heterocycles. The molecule has 0 aromatic carbocycles. The minimum Gasteiger partial charge on any atom is -0.372 e. The lowest BCUT2D eigenvalue weighted by Crippen LogP contribution is -2.51. The summed E-state index contributed by atoms with van der Waals surface area (Å²) in [5, 5.41) is 0. The van der Waals surface area contributed by atoms with E-state index in [1.54, 1.807) is 11.1 Å². The Balaban J connectivity index is 0.728. The summed E-state index contributed by atoms with van der Waals surface area (Å²) in [6.45, 7) is 32.2. The maximum Gasteiger partial charge on any atom is 0.102 e. The van der Waals surface area contributed by atoms with Gasteiger partial charge in [0.2, 0.25) is 0 Å². The molecular weight excluding hydrogens is 841 g/mol. The quantitative estimate of drug-likeness (QED) is 0.0795. The largest absolute Gasteiger partial charge is 0.372 e. The summed E-state index contributed by atoms with van der Waals surface area (Å²) in [6, 6.07) is 0. The number of allylic oxidation sites excluding steroid dienone is 2. The van der Waals surface area contributed by atoms with Crippen molar-refractivity contribution in [1.29, 1.82) is 0 Å². The summed E-state index contributed by atoms with van der Waals surface area (Å²) in [5.74, 6) is 10.9. The fourth-order valence-corrected chi connectivity index (χ4v) is 19.7. The summed E-state index contributed by atoms with van der Waals surface area (Å²) in [6.07, 6.45) is 38.4. The van der Waals surface area contributed by atoms with Gasteiger partial charge in [-0.2, -0.15) is 0 Å². The topological polar surface area (TPSA) is 18.5 Å². The Morgan fingerprint density at radius 3 is 1.28 bits per heavy atom. The second-order valence-electron chi connectivity index (χ2n) is 30.2. The predicted octanol–water partition coefficient (Wildman–Crippen LogP) is 16.4. The molecule has 0 aromatic heterocycles. The lowest BCUT2D eigenvalue weighted by Gasteiger charge is -2.58. The number of likely N-dealkylation sites (N-methyl/N-ethyl adjacent to an activating group) is 2. The Hall–Kier alpha value is -0.680. The SMILES string of the molecule is CC(C)CCC[C@@H](C)[C@H]1CC[C@H]2[C@@H]3CC=C4C[C@@H](OCC[N+](C)(C)CCC[N+](C)(C)CCO[C@H]5CC[C@@]6(C)C(=CC[C@H]7[C@@H]8CC[C@H]([C@H](C)CCCC(C)C)[C@@]8(C)CC[C@@H]76)C5)CC[C@]4(C)[C@H]3CC[C@]12C. The maximum atomic E-state index is 6.81. The van der Waals surface area contributed by atoms with Gasteiger partial charge in [-0.3, -0.25) is 0 Å². The van der Waals surface area contributed by atoms with Gasteiger partial charge in [0.1, 0.15) is 13.1 Å². The number of quaternary nitrogens is 2.